The molecule has 1 aromatic rings. The Morgan fingerprint density at radius 1 is 1.10 bits per heavy atom. The molecule has 3 nitrogen and oxygen atoms in total. The fraction of sp³-hybridized carbons (Fsp3) is 0.625. The van der Waals surface area contributed by atoms with E-state index in [1.165, 1.54) is 12.8 Å². The van der Waals surface area contributed by atoms with Crippen molar-refractivity contribution in [1.29, 1.82) is 0 Å². The van der Waals surface area contributed by atoms with Crippen molar-refractivity contribution in [1.82, 2.24) is 5.32 Å². The van der Waals surface area contributed by atoms with Gasteiger partial charge in [0.05, 0.1) is 18.2 Å². The molecule has 20 heavy (non-hydrogen) atoms. The van der Waals surface area contributed by atoms with Gasteiger partial charge in [-0.2, -0.15) is 0 Å². The average molecular weight is 300 g/mol. The molecule has 0 unspecified atom stereocenters. The van der Waals surface area contributed by atoms with Gasteiger partial charge < -0.3 is 14.8 Å². The number of rotatable bonds is 10. The van der Waals surface area contributed by atoms with E-state index in [9.17, 15) is 0 Å². The highest BCUT2D eigenvalue weighted by Gasteiger charge is 2.12. The smallest absolute Gasteiger partial charge is 0.179 e. The average Bonchev–Trinajstić information content (AvgIpc) is 2.43. The van der Waals surface area contributed by atoms with Crippen LogP contribution in [0.5, 0.6) is 11.5 Å². The van der Waals surface area contributed by atoms with Crippen LogP contribution in [0, 0.1) is 0 Å². The van der Waals surface area contributed by atoms with Crippen LogP contribution in [-0.4, -0.2) is 19.8 Å². The van der Waals surface area contributed by atoms with Crippen molar-refractivity contribution in [2.75, 3.05) is 19.8 Å². The minimum Gasteiger partial charge on any atom is -0.490 e. The number of benzene rings is 1. The van der Waals surface area contributed by atoms with Crippen molar-refractivity contribution < 1.29 is 9.47 Å². The molecular weight excluding hydrogens is 274 g/mol. The highest BCUT2D eigenvalue weighted by Crippen LogP contribution is 2.36. The molecule has 0 aromatic heterocycles. The first kappa shape index (κ1) is 17.1. The molecular formula is C16H26ClNO2. The summed E-state index contributed by atoms with van der Waals surface area (Å²) in [6.45, 7) is 9.21. The molecule has 0 aliphatic rings. The summed E-state index contributed by atoms with van der Waals surface area (Å²) in [6.07, 6.45) is 3.38. The molecule has 0 atom stereocenters. The molecule has 1 rings (SSSR count). The topological polar surface area (TPSA) is 30.5 Å². The van der Waals surface area contributed by atoms with E-state index in [-0.39, 0.29) is 0 Å². The van der Waals surface area contributed by atoms with E-state index in [1.54, 1.807) is 0 Å². The predicted molar refractivity (Wildman–Crippen MR) is 85.0 cm³/mol. The van der Waals surface area contributed by atoms with Gasteiger partial charge >= 0.3 is 0 Å². The Labute approximate surface area is 127 Å². The van der Waals surface area contributed by atoms with Crippen LogP contribution in [0.15, 0.2) is 12.1 Å². The first-order valence-electron chi connectivity index (χ1n) is 7.51. The molecule has 0 fully saturated rings. The summed E-state index contributed by atoms with van der Waals surface area (Å²) in [6, 6.07) is 3.95. The van der Waals surface area contributed by atoms with Crippen LogP contribution in [0.4, 0.5) is 0 Å². The number of ether oxygens (including phenoxy) is 2. The van der Waals surface area contributed by atoms with Gasteiger partial charge in [-0.05, 0) is 37.6 Å². The zero-order chi connectivity index (χ0) is 14.8. The Morgan fingerprint density at radius 3 is 2.55 bits per heavy atom. The van der Waals surface area contributed by atoms with Crippen molar-refractivity contribution in [3.8, 4) is 11.5 Å². The SMILES string of the molecule is CCCCCOc1c(Cl)cc(CNCC)cc1OCC. The van der Waals surface area contributed by atoms with Crippen molar-refractivity contribution >= 4 is 11.6 Å². The van der Waals surface area contributed by atoms with E-state index in [0.29, 0.717) is 24.0 Å². The maximum atomic E-state index is 6.33. The molecule has 1 N–H and O–H groups in total. The molecule has 0 saturated heterocycles. The summed E-state index contributed by atoms with van der Waals surface area (Å²) in [4.78, 5) is 0. The van der Waals surface area contributed by atoms with Crippen LogP contribution >= 0.6 is 11.6 Å². The fourth-order valence-corrected chi connectivity index (χ4v) is 2.21. The van der Waals surface area contributed by atoms with Gasteiger partial charge in [-0.25, -0.2) is 0 Å². The quantitative estimate of drug-likeness (QED) is 0.649. The van der Waals surface area contributed by atoms with Crippen LogP contribution in [-0.2, 0) is 6.54 Å². The molecule has 0 aliphatic carbocycles. The van der Waals surface area contributed by atoms with E-state index in [1.807, 2.05) is 19.1 Å². The first-order chi connectivity index (χ1) is 9.72. The molecule has 0 bridgehead atoms. The molecule has 0 radical (unpaired) electrons. The Hall–Kier alpha value is -0.930. The number of halogens is 1. The van der Waals surface area contributed by atoms with Gasteiger partial charge in [0, 0.05) is 6.54 Å². The van der Waals surface area contributed by atoms with Gasteiger partial charge in [-0.15, -0.1) is 0 Å². The Kier molecular flexibility index (Phi) is 8.47. The van der Waals surface area contributed by atoms with Crippen LogP contribution in [0.1, 0.15) is 45.6 Å². The summed E-state index contributed by atoms with van der Waals surface area (Å²) in [5.74, 6) is 1.41. The minimum atomic E-state index is 0.603. The Bertz CT molecular complexity index is 396. The monoisotopic (exact) mass is 299 g/mol. The first-order valence-corrected chi connectivity index (χ1v) is 7.89. The van der Waals surface area contributed by atoms with E-state index in [2.05, 4.69) is 19.2 Å². The Morgan fingerprint density at radius 2 is 1.90 bits per heavy atom. The second-order valence-electron chi connectivity index (χ2n) is 4.67. The third-order valence-electron chi connectivity index (χ3n) is 2.94. The predicted octanol–water partition coefficient (Wildman–Crippen LogP) is 4.42. The zero-order valence-electron chi connectivity index (χ0n) is 12.8. The van der Waals surface area contributed by atoms with E-state index < -0.39 is 0 Å². The summed E-state index contributed by atoms with van der Waals surface area (Å²) in [5.41, 5.74) is 1.11. The minimum absolute atomic E-state index is 0.603. The van der Waals surface area contributed by atoms with E-state index in [4.69, 9.17) is 21.1 Å². The van der Waals surface area contributed by atoms with Gasteiger partial charge in [-0.3, -0.25) is 0 Å². The molecule has 1 aromatic carbocycles. The van der Waals surface area contributed by atoms with Crippen molar-refractivity contribution in [3.63, 3.8) is 0 Å². The van der Waals surface area contributed by atoms with Gasteiger partial charge in [0.15, 0.2) is 11.5 Å². The standard InChI is InChI=1S/C16H26ClNO2/c1-4-7-8-9-20-16-14(17)10-13(12-18-5-2)11-15(16)19-6-3/h10-11,18H,4-9,12H2,1-3H3. The van der Waals surface area contributed by atoms with Crippen molar-refractivity contribution in [2.45, 2.75) is 46.6 Å². The third-order valence-corrected chi connectivity index (χ3v) is 3.22. The molecule has 4 heteroatoms. The van der Waals surface area contributed by atoms with Crippen LogP contribution in [0.25, 0.3) is 0 Å². The van der Waals surface area contributed by atoms with Gasteiger partial charge in [0.25, 0.3) is 0 Å². The number of unbranched alkanes of at least 4 members (excludes halogenated alkanes) is 2. The Balaban J connectivity index is 2.79. The summed E-state index contributed by atoms with van der Waals surface area (Å²) in [5, 5.41) is 3.91. The maximum Gasteiger partial charge on any atom is 0.179 e. The maximum absolute atomic E-state index is 6.33. The number of hydrogen-bond donors (Lipinski definition) is 1. The summed E-state index contributed by atoms with van der Waals surface area (Å²) >= 11 is 6.33. The third kappa shape index (κ3) is 5.59. The second kappa shape index (κ2) is 9.89. The van der Waals surface area contributed by atoms with E-state index in [0.717, 1.165) is 30.8 Å². The molecule has 114 valence electrons. The normalized spacial score (nSPS) is 10.6. The zero-order valence-corrected chi connectivity index (χ0v) is 13.6. The highest BCUT2D eigenvalue weighted by atomic mass is 35.5. The van der Waals surface area contributed by atoms with E-state index >= 15 is 0 Å². The number of hydrogen-bond acceptors (Lipinski definition) is 3. The molecule has 0 aliphatic heterocycles. The molecule has 0 saturated carbocycles. The van der Waals surface area contributed by atoms with Gasteiger partial charge in [0.2, 0.25) is 0 Å². The largest absolute Gasteiger partial charge is 0.490 e. The second-order valence-corrected chi connectivity index (χ2v) is 5.08. The molecule has 0 heterocycles. The number of nitrogens with one attached hydrogen (secondary N) is 1. The van der Waals surface area contributed by atoms with Gasteiger partial charge in [-0.1, -0.05) is 38.3 Å². The summed E-state index contributed by atoms with van der Waals surface area (Å²) < 4.78 is 11.5. The lowest BCUT2D eigenvalue weighted by molar-refractivity contribution is 0.271. The van der Waals surface area contributed by atoms with Crippen LogP contribution in [0.3, 0.4) is 0 Å². The van der Waals surface area contributed by atoms with Crippen LogP contribution in [0.2, 0.25) is 5.02 Å². The van der Waals surface area contributed by atoms with Crippen LogP contribution < -0.4 is 14.8 Å². The lowest BCUT2D eigenvalue weighted by Gasteiger charge is -2.15. The molecule has 0 amide bonds. The van der Waals surface area contributed by atoms with Crippen molar-refractivity contribution in [2.24, 2.45) is 0 Å². The lowest BCUT2D eigenvalue weighted by atomic mass is 10.2. The van der Waals surface area contributed by atoms with Gasteiger partial charge in [0.1, 0.15) is 0 Å². The summed E-state index contributed by atoms with van der Waals surface area (Å²) in [7, 11) is 0. The fourth-order valence-electron chi connectivity index (χ4n) is 1.92. The van der Waals surface area contributed by atoms with Crippen molar-refractivity contribution in [3.05, 3.63) is 22.7 Å². The highest BCUT2D eigenvalue weighted by molar-refractivity contribution is 6.32. The molecule has 0 spiro atoms. The lowest BCUT2D eigenvalue weighted by Crippen LogP contribution is -2.12.